The number of imidazole rings is 1. The van der Waals surface area contributed by atoms with Crippen LogP contribution in [0.15, 0.2) is 137 Å². The first-order valence-electron chi connectivity index (χ1n) is 14.0. The minimum absolute atomic E-state index is 0.0520. The molecule has 2 heterocycles. The molecule has 0 fully saturated rings. The summed E-state index contributed by atoms with van der Waals surface area (Å²) in [6, 6.07) is 44.3. The van der Waals surface area contributed by atoms with Gasteiger partial charge in [0.25, 0.3) is 5.56 Å². The molecule has 0 N–H and O–H groups in total. The molecule has 0 spiro atoms. The van der Waals surface area contributed by atoms with Crippen LogP contribution in [0.3, 0.4) is 0 Å². The number of fused-ring (bicyclic) bond motifs is 6. The van der Waals surface area contributed by atoms with Crippen LogP contribution in [-0.2, 0) is 0 Å². The topological polar surface area (TPSA) is 34.4 Å². The third-order valence-electron chi connectivity index (χ3n) is 8.57. The second-order valence-electron chi connectivity index (χ2n) is 10.9. The van der Waals surface area contributed by atoms with Crippen molar-refractivity contribution in [3.8, 4) is 22.3 Å². The maximum absolute atomic E-state index is 14.2. The highest BCUT2D eigenvalue weighted by Crippen LogP contribution is 2.39. The van der Waals surface area contributed by atoms with E-state index in [1.165, 1.54) is 21.5 Å². The average Bonchev–Trinajstić information content (AvgIpc) is 3.43. The first-order valence-corrected chi connectivity index (χ1v) is 14.7. The minimum Gasteiger partial charge on any atom is -0.268 e. The van der Waals surface area contributed by atoms with E-state index in [0.29, 0.717) is 11.0 Å². The van der Waals surface area contributed by atoms with E-state index in [1.807, 2.05) is 22.6 Å². The lowest BCUT2D eigenvalue weighted by molar-refractivity contribution is 1.19. The number of benzene rings is 7. The van der Waals surface area contributed by atoms with Gasteiger partial charge in [-0.1, -0.05) is 101 Å². The normalized spacial score (nSPS) is 12.0. The molecule has 0 bridgehead atoms. The Morgan fingerprint density at radius 2 is 1.21 bits per heavy atom. The number of halogens is 1. The summed E-state index contributed by atoms with van der Waals surface area (Å²) < 4.78 is 2.78. The van der Waals surface area contributed by atoms with Crippen molar-refractivity contribution in [2.24, 2.45) is 0 Å². The number of hydrogen-bond acceptors (Lipinski definition) is 2. The molecule has 9 rings (SSSR count). The molecule has 0 aliphatic heterocycles. The van der Waals surface area contributed by atoms with Gasteiger partial charge in [-0.2, -0.15) is 0 Å². The Balaban J connectivity index is 1.44. The van der Waals surface area contributed by atoms with E-state index in [4.69, 9.17) is 4.98 Å². The SMILES string of the molecule is O=c1c2cccc3c(Br)ccc(c32)c2nc3c(-c4ccc5ccccc5c4)cc(-c4ccc5ccccc5c4)cc3n12. The average molecular weight is 602 g/mol. The number of hydrogen-bond donors (Lipinski definition) is 0. The Morgan fingerprint density at radius 3 is 1.98 bits per heavy atom. The van der Waals surface area contributed by atoms with Crippen molar-refractivity contribution in [1.29, 1.82) is 0 Å². The van der Waals surface area contributed by atoms with Crippen molar-refractivity contribution < 1.29 is 0 Å². The van der Waals surface area contributed by atoms with Gasteiger partial charge in [-0.3, -0.25) is 9.20 Å². The lowest BCUT2D eigenvalue weighted by Gasteiger charge is -2.11. The third-order valence-corrected chi connectivity index (χ3v) is 9.26. The van der Waals surface area contributed by atoms with Crippen LogP contribution in [0, 0.1) is 0 Å². The van der Waals surface area contributed by atoms with Crippen molar-refractivity contribution in [3.05, 3.63) is 142 Å². The van der Waals surface area contributed by atoms with Crippen molar-refractivity contribution >= 4 is 75.7 Å². The number of pyridine rings is 1. The Morgan fingerprint density at radius 1 is 0.548 bits per heavy atom. The summed E-state index contributed by atoms with van der Waals surface area (Å²) >= 11 is 3.69. The number of rotatable bonds is 2. The van der Waals surface area contributed by atoms with Gasteiger partial charge in [-0.05, 0) is 86.1 Å². The molecule has 0 aliphatic carbocycles. The largest absolute Gasteiger partial charge is 0.268 e. The van der Waals surface area contributed by atoms with Crippen LogP contribution in [0.1, 0.15) is 0 Å². The van der Waals surface area contributed by atoms with Crippen LogP contribution in [0.5, 0.6) is 0 Å². The van der Waals surface area contributed by atoms with E-state index in [9.17, 15) is 4.79 Å². The molecule has 42 heavy (non-hydrogen) atoms. The summed E-state index contributed by atoms with van der Waals surface area (Å²) in [7, 11) is 0. The fourth-order valence-electron chi connectivity index (χ4n) is 6.53. The van der Waals surface area contributed by atoms with Gasteiger partial charge in [-0.15, -0.1) is 0 Å². The van der Waals surface area contributed by atoms with Gasteiger partial charge >= 0.3 is 0 Å². The fraction of sp³-hybridized carbons (Fsp3) is 0. The molecular formula is C38H21BrN2O. The Kier molecular flexibility index (Phi) is 4.90. The molecule has 196 valence electrons. The second-order valence-corrected chi connectivity index (χ2v) is 11.8. The fourth-order valence-corrected chi connectivity index (χ4v) is 6.99. The third kappa shape index (κ3) is 3.33. The zero-order chi connectivity index (χ0) is 27.9. The number of aromatic nitrogens is 2. The lowest BCUT2D eigenvalue weighted by Crippen LogP contribution is -2.13. The van der Waals surface area contributed by atoms with Gasteiger partial charge in [0.2, 0.25) is 0 Å². The molecule has 9 aromatic rings. The maximum Gasteiger partial charge on any atom is 0.264 e. The van der Waals surface area contributed by atoms with Crippen molar-refractivity contribution in [3.63, 3.8) is 0 Å². The number of nitrogens with zero attached hydrogens (tertiary/aromatic N) is 2. The first kappa shape index (κ1) is 23.6. The molecule has 0 atom stereocenters. The zero-order valence-electron chi connectivity index (χ0n) is 22.3. The Labute approximate surface area is 248 Å². The molecule has 0 radical (unpaired) electrons. The molecule has 0 saturated heterocycles. The Bertz CT molecular complexity index is 2620. The molecular weight excluding hydrogens is 580 g/mol. The summed E-state index contributed by atoms with van der Waals surface area (Å²) in [5.74, 6) is 0. The Hall–Kier alpha value is -5.06. The zero-order valence-corrected chi connectivity index (χ0v) is 23.9. The van der Waals surface area contributed by atoms with Gasteiger partial charge in [0, 0.05) is 26.2 Å². The van der Waals surface area contributed by atoms with Crippen molar-refractivity contribution in [1.82, 2.24) is 9.38 Å². The van der Waals surface area contributed by atoms with Gasteiger partial charge in [-0.25, -0.2) is 4.98 Å². The summed E-state index contributed by atoms with van der Waals surface area (Å²) in [5.41, 5.74) is 6.50. The van der Waals surface area contributed by atoms with Crippen LogP contribution < -0.4 is 5.56 Å². The van der Waals surface area contributed by atoms with Crippen molar-refractivity contribution in [2.45, 2.75) is 0 Å². The summed E-state index contributed by atoms with van der Waals surface area (Å²) in [5, 5.41) is 8.36. The van der Waals surface area contributed by atoms with Crippen LogP contribution in [0.2, 0.25) is 0 Å². The smallest absolute Gasteiger partial charge is 0.264 e. The predicted molar refractivity (Wildman–Crippen MR) is 179 cm³/mol. The van der Waals surface area contributed by atoms with Gasteiger partial charge in [0.05, 0.1) is 11.0 Å². The minimum atomic E-state index is -0.0520. The van der Waals surface area contributed by atoms with E-state index in [1.54, 1.807) is 0 Å². The van der Waals surface area contributed by atoms with Gasteiger partial charge in [0.1, 0.15) is 5.65 Å². The first-order chi connectivity index (χ1) is 20.6. The van der Waals surface area contributed by atoms with E-state index in [-0.39, 0.29) is 5.56 Å². The molecule has 0 unspecified atom stereocenters. The van der Waals surface area contributed by atoms with Crippen LogP contribution in [0.4, 0.5) is 0 Å². The highest BCUT2D eigenvalue weighted by atomic mass is 79.9. The van der Waals surface area contributed by atoms with E-state index in [0.717, 1.165) is 53.9 Å². The highest BCUT2D eigenvalue weighted by Gasteiger charge is 2.20. The van der Waals surface area contributed by atoms with Crippen LogP contribution >= 0.6 is 15.9 Å². The maximum atomic E-state index is 14.2. The molecule has 0 amide bonds. The lowest BCUT2D eigenvalue weighted by atomic mass is 9.95. The van der Waals surface area contributed by atoms with Gasteiger partial charge < -0.3 is 0 Å². The van der Waals surface area contributed by atoms with E-state index >= 15 is 0 Å². The molecule has 7 aromatic carbocycles. The van der Waals surface area contributed by atoms with Crippen LogP contribution in [0.25, 0.3) is 82.0 Å². The quantitative estimate of drug-likeness (QED) is 0.198. The standard InChI is InChI=1S/C38H21BrN2O/c39-33-17-16-30-35-29(33)10-5-11-31(35)38(42)41-34-21-28(26-14-12-22-6-1-3-8-24(22)18-26)20-32(36(34)40-37(30)41)27-15-13-23-7-2-4-9-25(23)19-27/h1-21H. The highest BCUT2D eigenvalue weighted by molar-refractivity contribution is 9.10. The molecule has 4 heteroatoms. The second kappa shape index (κ2) is 8.72. The summed E-state index contributed by atoms with van der Waals surface area (Å²) in [4.78, 5) is 19.5. The monoisotopic (exact) mass is 600 g/mol. The van der Waals surface area contributed by atoms with Crippen molar-refractivity contribution in [2.75, 3.05) is 0 Å². The molecule has 0 aliphatic rings. The summed E-state index contributed by atoms with van der Waals surface area (Å²) in [6.45, 7) is 0. The van der Waals surface area contributed by atoms with E-state index in [2.05, 4.69) is 125 Å². The van der Waals surface area contributed by atoms with Crippen LogP contribution in [-0.4, -0.2) is 9.38 Å². The van der Waals surface area contributed by atoms with Gasteiger partial charge in [0.15, 0.2) is 0 Å². The molecule has 0 saturated carbocycles. The van der Waals surface area contributed by atoms with E-state index < -0.39 is 0 Å². The molecule has 2 aromatic heterocycles. The predicted octanol–water partition coefficient (Wildman–Crippen LogP) is 9.99. The molecule has 3 nitrogen and oxygen atoms in total. The summed E-state index contributed by atoms with van der Waals surface area (Å²) in [6.07, 6.45) is 0.